The van der Waals surface area contributed by atoms with Gasteiger partial charge in [-0.25, -0.2) is 4.98 Å². The summed E-state index contributed by atoms with van der Waals surface area (Å²) in [5, 5.41) is 9.85. The Hall–Kier alpha value is -3.19. The fourth-order valence-corrected chi connectivity index (χ4v) is 7.14. The number of carbonyl (C=O) groups excluding carboxylic acids is 1. The van der Waals surface area contributed by atoms with Gasteiger partial charge in [0.05, 0.1) is 24.2 Å². The smallest absolute Gasteiger partial charge is 0.274 e. The van der Waals surface area contributed by atoms with Crippen LogP contribution in [-0.4, -0.2) is 52.2 Å². The molecule has 7 heteroatoms. The van der Waals surface area contributed by atoms with Crippen LogP contribution in [0.25, 0.3) is 11.4 Å². The van der Waals surface area contributed by atoms with Gasteiger partial charge in [0, 0.05) is 12.2 Å². The summed E-state index contributed by atoms with van der Waals surface area (Å²) in [5.41, 5.74) is 3.76. The van der Waals surface area contributed by atoms with E-state index >= 15 is 0 Å². The number of pyridine rings is 1. The molecule has 0 bridgehead atoms. The van der Waals surface area contributed by atoms with Crippen LogP contribution in [0.1, 0.15) is 79.8 Å². The maximum Gasteiger partial charge on any atom is 0.274 e. The lowest BCUT2D eigenvalue weighted by molar-refractivity contribution is 0.102. The summed E-state index contributed by atoms with van der Waals surface area (Å²) in [5.74, 6) is 2.96. The lowest BCUT2D eigenvalue weighted by Crippen LogP contribution is -2.39. The molecule has 3 fully saturated rings. The highest BCUT2D eigenvalue weighted by molar-refractivity contribution is 6.04. The standard InChI is InChI=1S/C31H39N5O2/c1-38-30-20-24(22-14-17-36(18-15-22)25-11-9-23(19-25)21-5-2-3-6-21)10-12-28(30)34-31(37)29-8-4-7-26(33-29)27-13-16-32-35-27/h4,7-8,10,12-13,16,20-23,25H,2-3,5-6,9,11,14-15,17-19H2,1H3,(H,32,35)(H,34,37). The van der Waals surface area contributed by atoms with E-state index in [1.54, 1.807) is 19.4 Å². The molecule has 2 unspecified atom stereocenters. The van der Waals surface area contributed by atoms with Gasteiger partial charge in [0.25, 0.3) is 5.91 Å². The SMILES string of the molecule is COc1cc(C2CCN(C3CCC(C4CCCC4)C3)CC2)ccc1NC(=O)c1cccc(-c2ccn[nH]2)n1. The van der Waals surface area contributed by atoms with Gasteiger partial charge in [0.2, 0.25) is 0 Å². The number of likely N-dealkylation sites (tertiary alicyclic amines) is 1. The summed E-state index contributed by atoms with van der Waals surface area (Å²) in [6.45, 7) is 2.37. The number of hydrogen-bond acceptors (Lipinski definition) is 5. The molecular formula is C31H39N5O2. The van der Waals surface area contributed by atoms with Gasteiger partial charge in [-0.3, -0.25) is 9.89 Å². The van der Waals surface area contributed by atoms with Gasteiger partial charge in [0.1, 0.15) is 11.4 Å². The molecule has 0 spiro atoms. The van der Waals surface area contributed by atoms with Gasteiger partial charge in [-0.05, 0) is 98.8 Å². The molecule has 38 heavy (non-hydrogen) atoms. The molecule has 0 radical (unpaired) electrons. The lowest BCUT2D eigenvalue weighted by Gasteiger charge is -2.36. The van der Waals surface area contributed by atoms with Crippen LogP contribution < -0.4 is 10.1 Å². The molecule has 3 aromatic rings. The largest absolute Gasteiger partial charge is 0.495 e. The molecule has 3 aliphatic rings. The average molecular weight is 514 g/mol. The number of nitrogens with one attached hydrogen (secondary N) is 2. The number of aromatic nitrogens is 3. The van der Waals surface area contributed by atoms with E-state index in [1.165, 1.54) is 76.4 Å². The van der Waals surface area contributed by atoms with E-state index in [4.69, 9.17) is 4.74 Å². The van der Waals surface area contributed by atoms with E-state index in [0.29, 0.717) is 28.7 Å². The number of amides is 1. The zero-order valence-electron chi connectivity index (χ0n) is 22.4. The van der Waals surface area contributed by atoms with Crippen molar-refractivity contribution in [1.82, 2.24) is 20.1 Å². The Kier molecular flexibility index (Phi) is 7.45. The van der Waals surface area contributed by atoms with Crippen molar-refractivity contribution < 1.29 is 9.53 Å². The number of methoxy groups -OCH3 is 1. The Bertz CT molecular complexity index is 1230. The molecule has 3 heterocycles. The van der Waals surface area contributed by atoms with E-state index in [0.717, 1.165) is 23.6 Å². The van der Waals surface area contributed by atoms with Gasteiger partial charge in [-0.2, -0.15) is 5.10 Å². The first kappa shape index (κ1) is 25.1. The molecule has 2 atom stereocenters. The van der Waals surface area contributed by atoms with Crippen LogP contribution >= 0.6 is 0 Å². The maximum absolute atomic E-state index is 13.0. The van der Waals surface area contributed by atoms with Crippen molar-refractivity contribution in [3.63, 3.8) is 0 Å². The third kappa shape index (κ3) is 5.35. The summed E-state index contributed by atoms with van der Waals surface area (Å²) >= 11 is 0. The molecule has 1 saturated heterocycles. The van der Waals surface area contributed by atoms with Crippen LogP contribution in [0.4, 0.5) is 5.69 Å². The molecule has 2 saturated carbocycles. The van der Waals surface area contributed by atoms with Crippen LogP contribution in [0.15, 0.2) is 48.7 Å². The zero-order valence-corrected chi connectivity index (χ0v) is 22.4. The van der Waals surface area contributed by atoms with E-state index in [2.05, 4.69) is 37.5 Å². The molecule has 7 nitrogen and oxygen atoms in total. The second-order valence-electron chi connectivity index (χ2n) is 11.4. The zero-order chi connectivity index (χ0) is 25.9. The Morgan fingerprint density at radius 1 is 1.00 bits per heavy atom. The predicted octanol–water partition coefficient (Wildman–Crippen LogP) is 6.27. The van der Waals surface area contributed by atoms with Crippen LogP contribution in [0.2, 0.25) is 0 Å². The van der Waals surface area contributed by atoms with E-state index in [9.17, 15) is 4.79 Å². The summed E-state index contributed by atoms with van der Waals surface area (Å²) in [7, 11) is 1.66. The van der Waals surface area contributed by atoms with Crippen molar-refractivity contribution in [3.05, 3.63) is 59.9 Å². The van der Waals surface area contributed by atoms with Crippen molar-refractivity contribution in [2.75, 3.05) is 25.5 Å². The summed E-state index contributed by atoms with van der Waals surface area (Å²) in [6, 6.07) is 14.3. The Morgan fingerprint density at radius 2 is 1.84 bits per heavy atom. The van der Waals surface area contributed by atoms with Gasteiger partial charge >= 0.3 is 0 Å². The van der Waals surface area contributed by atoms with E-state index in [1.807, 2.05) is 24.3 Å². The minimum absolute atomic E-state index is 0.266. The van der Waals surface area contributed by atoms with Crippen LogP contribution in [-0.2, 0) is 0 Å². The quantitative estimate of drug-likeness (QED) is 0.389. The number of H-pyrrole nitrogens is 1. The van der Waals surface area contributed by atoms with Crippen molar-refractivity contribution in [1.29, 1.82) is 0 Å². The third-order valence-corrected chi connectivity index (χ3v) is 9.26. The molecule has 1 aliphatic heterocycles. The van der Waals surface area contributed by atoms with Crippen molar-refractivity contribution in [2.45, 2.75) is 69.7 Å². The Morgan fingerprint density at radius 3 is 2.61 bits per heavy atom. The lowest BCUT2D eigenvalue weighted by atomic mass is 9.87. The summed E-state index contributed by atoms with van der Waals surface area (Å²) in [4.78, 5) is 20.3. The first-order chi connectivity index (χ1) is 18.7. The average Bonchev–Trinajstić information content (AvgIpc) is 3.76. The first-order valence-corrected chi connectivity index (χ1v) is 14.4. The highest BCUT2D eigenvalue weighted by Gasteiger charge is 2.36. The minimum Gasteiger partial charge on any atom is -0.495 e. The molecule has 2 N–H and O–H groups in total. The van der Waals surface area contributed by atoms with Crippen LogP contribution in [0.5, 0.6) is 5.75 Å². The second-order valence-corrected chi connectivity index (χ2v) is 11.4. The van der Waals surface area contributed by atoms with Gasteiger partial charge in [-0.15, -0.1) is 0 Å². The van der Waals surface area contributed by atoms with Gasteiger partial charge in [0.15, 0.2) is 0 Å². The monoisotopic (exact) mass is 513 g/mol. The van der Waals surface area contributed by atoms with Crippen LogP contribution in [0, 0.1) is 11.8 Å². The Balaban J connectivity index is 1.06. The number of nitrogens with zero attached hydrogens (tertiary/aromatic N) is 3. The predicted molar refractivity (Wildman–Crippen MR) is 149 cm³/mol. The molecule has 1 amide bonds. The maximum atomic E-state index is 13.0. The normalized spacial score (nSPS) is 23.1. The third-order valence-electron chi connectivity index (χ3n) is 9.26. The highest BCUT2D eigenvalue weighted by Crippen LogP contribution is 2.43. The van der Waals surface area contributed by atoms with Crippen molar-refractivity contribution in [3.8, 4) is 17.1 Å². The minimum atomic E-state index is -0.266. The summed E-state index contributed by atoms with van der Waals surface area (Å²) < 4.78 is 5.70. The molecule has 2 aromatic heterocycles. The van der Waals surface area contributed by atoms with Crippen LogP contribution in [0.3, 0.4) is 0 Å². The number of ether oxygens (including phenoxy) is 1. The Labute approximate surface area is 225 Å². The number of carbonyl (C=O) groups is 1. The number of aromatic amines is 1. The topological polar surface area (TPSA) is 83.1 Å². The van der Waals surface area contributed by atoms with Crippen molar-refractivity contribution >= 4 is 11.6 Å². The molecule has 6 rings (SSSR count). The van der Waals surface area contributed by atoms with Gasteiger partial charge < -0.3 is 15.0 Å². The van der Waals surface area contributed by atoms with Crippen molar-refractivity contribution in [2.24, 2.45) is 11.8 Å². The second kappa shape index (κ2) is 11.3. The number of anilines is 1. The fourth-order valence-electron chi connectivity index (χ4n) is 7.14. The van der Waals surface area contributed by atoms with Gasteiger partial charge in [-0.1, -0.05) is 37.8 Å². The fraction of sp³-hybridized carbons (Fsp3) is 0.516. The number of hydrogen-bond donors (Lipinski definition) is 2. The van der Waals surface area contributed by atoms with E-state index < -0.39 is 0 Å². The molecule has 200 valence electrons. The van der Waals surface area contributed by atoms with E-state index in [-0.39, 0.29) is 5.91 Å². The molecule has 2 aliphatic carbocycles. The highest BCUT2D eigenvalue weighted by atomic mass is 16.5. The number of benzene rings is 1. The summed E-state index contributed by atoms with van der Waals surface area (Å²) in [6.07, 6.45) is 14.2. The number of rotatable bonds is 7. The molecule has 1 aromatic carbocycles. The number of piperidine rings is 1. The molecular weight excluding hydrogens is 474 g/mol. The first-order valence-electron chi connectivity index (χ1n) is 14.4.